The summed E-state index contributed by atoms with van der Waals surface area (Å²) in [5.41, 5.74) is 0.499. The summed E-state index contributed by atoms with van der Waals surface area (Å²) in [7, 11) is -3.05. The Morgan fingerprint density at radius 2 is 2.25 bits per heavy atom. The molecule has 1 fully saturated rings. The Labute approximate surface area is 127 Å². The highest BCUT2D eigenvalue weighted by Gasteiger charge is 2.34. The molecule has 1 aromatic rings. The van der Waals surface area contributed by atoms with Crippen LogP contribution in [0.25, 0.3) is 0 Å². The standard InChI is InChI=1S/C14H14BrNO3S/c1-2-7-16(13-6-8-20(18,19)10-13)14(17)11-4-3-5-12(15)9-11/h1,3-5,9,13H,6-8,10H2. The minimum Gasteiger partial charge on any atom is -0.323 e. The highest BCUT2D eigenvalue weighted by atomic mass is 79.9. The van der Waals surface area contributed by atoms with Gasteiger partial charge in [-0.2, -0.15) is 0 Å². The largest absolute Gasteiger partial charge is 0.323 e. The Bertz CT molecular complexity index is 663. The maximum absolute atomic E-state index is 12.5. The van der Waals surface area contributed by atoms with Crippen LogP contribution in [0.3, 0.4) is 0 Å². The lowest BCUT2D eigenvalue weighted by molar-refractivity contribution is 0.0724. The molecule has 1 aromatic carbocycles. The fourth-order valence-electron chi connectivity index (χ4n) is 2.27. The first-order valence-electron chi connectivity index (χ1n) is 6.13. The summed E-state index contributed by atoms with van der Waals surface area (Å²) in [4.78, 5) is 14.0. The minimum absolute atomic E-state index is 0.00553. The lowest BCUT2D eigenvalue weighted by Crippen LogP contribution is -2.41. The van der Waals surface area contributed by atoms with Gasteiger partial charge in [0.05, 0.1) is 18.1 Å². The molecule has 2 rings (SSSR count). The van der Waals surface area contributed by atoms with E-state index in [1.807, 2.05) is 6.07 Å². The van der Waals surface area contributed by atoms with E-state index in [2.05, 4.69) is 21.9 Å². The molecule has 0 saturated carbocycles. The molecule has 1 heterocycles. The van der Waals surface area contributed by atoms with E-state index in [0.717, 1.165) is 4.47 Å². The van der Waals surface area contributed by atoms with Crippen molar-refractivity contribution in [2.45, 2.75) is 12.5 Å². The number of terminal acetylenes is 1. The van der Waals surface area contributed by atoms with Gasteiger partial charge in [0.25, 0.3) is 5.91 Å². The van der Waals surface area contributed by atoms with Gasteiger partial charge in [0.15, 0.2) is 9.84 Å². The maximum Gasteiger partial charge on any atom is 0.254 e. The monoisotopic (exact) mass is 355 g/mol. The van der Waals surface area contributed by atoms with E-state index in [1.165, 1.54) is 4.90 Å². The molecule has 0 N–H and O–H groups in total. The Hall–Kier alpha value is -1.32. The van der Waals surface area contributed by atoms with Crippen molar-refractivity contribution in [1.29, 1.82) is 0 Å². The van der Waals surface area contributed by atoms with Crippen molar-refractivity contribution in [1.82, 2.24) is 4.90 Å². The zero-order chi connectivity index (χ0) is 14.8. The first-order valence-corrected chi connectivity index (χ1v) is 8.75. The second kappa shape index (κ2) is 5.98. The first-order chi connectivity index (χ1) is 9.43. The van der Waals surface area contributed by atoms with Crippen LogP contribution in [-0.2, 0) is 9.84 Å². The third-order valence-corrected chi connectivity index (χ3v) is 5.49. The molecule has 1 amide bonds. The molecule has 4 nitrogen and oxygen atoms in total. The predicted molar refractivity (Wildman–Crippen MR) is 81.1 cm³/mol. The van der Waals surface area contributed by atoms with Gasteiger partial charge in [0, 0.05) is 16.1 Å². The van der Waals surface area contributed by atoms with Gasteiger partial charge in [-0.15, -0.1) is 6.42 Å². The molecule has 1 aliphatic heterocycles. The van der Waals surface area contributed by atoms with Gasteiger partial charge in [-0.05, 0) is 24.6 Å². The molecule has 1 aliphatic rings. The first kappa shape index (κ1) is 15.1. The number of rotatable bonds is 3. The molecular formula is C14H14BrNO3S. The van der Waals surface area contributed by atoms with E-state index in [1.54, 1.807) is 18.2 Å². The van der Waals surface area contributed by atoms with E-state index in [0.29, 0.717) is 12.0 Å². The summed E-state index contributed by atoms with van der Waals surface area (Å²) in [6.45, 7) is 0.117. The third kappa shape index (κ3) is 3.41. The van der Waals surface area contributed by atoms with Crippen LogP contribution in [0.4, 0.5) is 0 Å². The van der Waals surface area contributed by atoms with Crippen LogP contribution in [-0.4, -0.2) is 43.3 Å². The number of sulfone groups is 1. The summed E-state index contributed by atoms with van der Waals surface area (Å²) in [6, 6.07) is 6.65. The Morgan fingerprint density at radius 3 is 2.80 bits per heavy atom. The zero-order valence-corrected chi connectivity index (χ0v) is 13.2. The van der Waals surface area contributed by atoms with E-state index in [4.69, 9.17) is 6.42 Å². The maximum atomic E-state index is 12.5. The van der Waals surface area contributed by atoms with E-state index >= 15 is 0 Å². The van der Waals surface area contributed by atoms with Gasteiger partial charge >= 0.3 is 0 Å². The molecule has 0 aliphatic carbocycles. The average molecular weight is 356 g/mol. The van der Waals surface area contributed by atoms with Crippen LogP contribution in [0.2, 0.25) is 0 Å². The smallest absolute Gasteiger partial charge is 0.254 e. The van der Waals surface area contributed by atoms with Gasteiger partial charge in [0.2, 0.25) is 0 Å². The fourth-order valence-corrected chi connectivity index (χ4v) is 4.40. The highest BCUT2D eigenvalue weighted by Crippen LogP contribution is 2.21. The number of hydrogen-bond acceptors (Lipinski definition) is 3. The van der Waals surface area contributed by atoms with Crippen LogP contribution in [0.5, 0.6) is 0 Å². The lowest BCUT2D eigenvalue weighted by Gasteiger charge is -2.26. The molecule has 0 bridgehead atoms. The van der Waals surface area contributed by atoms with E-state index in [-0.39, 0.29) is 30.0 Å². The van der Waals surface area contributed by atoms with Crippen LogP contribution in [0.1, 0.15) is 16.8 Å². The van der Waals surface area contributed by atoms with Crippen LogP contribution >= 0.6 is 15.9 Å². The van der Waals surface area contributed by atoms with Crippen molar-refractivity contribution in [2.75, 3.05) is 18.1 Å². The second-order valence-electron chi connectivity index (χ2n) is 4.70. The number of benzene rings is 1. The number of nitrogens with zero attached hydrogens (tertiary/aromatic N) is 1. The van der Waals surface area contributed by atoms with Crippen molar-refractivity contribution in [2.24, 2.45) is 0 Å². The highest BCUT2D eigenvalue weighted by molar-refractivity contribution is 9.10. The number of amides is 1. The Balaban J connectivity index is 2.25. The Kier molecular flexibility index (Phi) is 4.51. The Morgan fingerprint density at radius 1 is 1.50 bits per heavy atom. The molecule has 1 saturated heterocycles. The topological polar surface area (TPSA) is 54.5 Å². The van der Waals surface area contributed by atoms with Gasteiger partial charge < -0.3 is 4.90 Å². The minimum atomic E-state index is -3.05. The van der Waals surface area contributed by atoms with Gasteiger partial charge in [-0.3, -0.25) is 4.79 Å². The molecule has 1 atom stereocenters. The van der Waals surface area contributed by atoms with Gasteiger partial charge in [-0.25, -0.2) is 8.42 Å². The molecule has 106 valence electrons. The summed E-state index contributed by atoms with van der Waals surface area (Å²) in [6.07, 6.45) is 5.76. The number of carbonyl (C=O) groups excluding carboxylic acids is 1. The van der Waals surface area contributed by atoms with Crippen molar-refractivity contribution in [3.63, 3.8) is 0 Å². The molecule has 20 heavy (non-hydrogen) atoms. The molecule has 0 radical (unpaired) electrons. The van der Waals surface area contributed by atoms with E-state index in [9.17, 15) is 13.2 Å². The van der Waals surface area contributed by atoms with Gasteiger partial charge in [0.1, 0.15) is 0 Å². The molecule has 6 heteroatoms. The van der Waals surface area contributed by atoms with Crippen LogP contribution in [0.15, 0.2) is 28.7 Å². The van der Waals surface area contributed by atoms with Crippen molar-refractivity contribution < 1.29 is 13.2 Å². The number of hydrogen-bond donors (Lipinski definition) is 0. The summed E-state index contributed by atoms with van der Waals surface area (Å²) in [5.74, 6) is 2.32. The second-order valence-corrected chi connectivity index (χ2v) is 7.85. The van der Waals surface area contributed by atoms with E-state index < -0.39 is 9.84 Å². The number of carbonyl (C=O) groups is 1. The normalized spacial score (nSPS) is 20.3. The molecular weight excluding hydrogens is 342 g/mol. The summed E-state index contributed by atoms with van der Waals surface area (Å²) >= 11 is 3.31. The SMILES string of the molecule is C#CCN(C(=O)c1cccc(Br)c1)C1CCS(=O)(=O)C1. The van der Waals surface area contributed by atoms with Crippen LogP contribution < -0.4 is 0 Å². The number of halogens is 1. The third-order valence-electron chi connectivity index (χ3n) is 3.24. The summed E-state index contributed by atoms with van der Waals surface area (Å²) in [5, 5.41) is 0. The quantitative estimate of drug-likeness (QED) is 0.775. The van der Waals surface area contributed by atoms with Crippen molar-refractivity contribution in [3.05, 3.63) is 34.3 Å². The van der Waals surface area contributed by atoms with Gasteiger partial charge in [-0.1, -0.05) is 27.9 Å². The lowest BCUT2D eigenvalue weighted by atomic mass is 10.1. The molecule has 0 spiro atoms. The molecule has 1 unspecified atom stereocenters. The van der Waals surface area contributed by atoms with Crippen molar-refractivity contribution in [3.8, 4) is 12.3 Å². The predicted octanol–water partition coefficient (Wildman–Crippen LogP) is 1.71. The summed E-state index contributed by atoms with van der Waals surface area (Å²) < 4.78 is 23.9. The van der Waals surface area contributed by atoms with Crippen molar-refractivity contribution >= 4 is 31.7 Å². The van der Waals surface area contributed by atoms with Crippen LogP contribution in [0, 0.1) is 12.3 Å². The zero-order valence-electron chi connectivity index (χ0n) is 10.8. The molecule has 0 aromatic heterocycles. The fraction of sp³-hybridized carbons (Fsp3) is 0.357. The average Bonchev–Trinajstić information content (AvgIpc) is 2.75.